The van der Waals surface area contributed by atoms with Crippen LogP contribution in [0.4, 0.5) is 5.69 Å². The quantitative estimate of drug-likeness (QED) is 0.519. The zero-order chi connectivity index (χ0) is 16.0. The molecule has 1 aromatic rings. The summed E-state index contributed by atoms with van der Waals surface area (Å²) in [7, 11) is 1.59. The van der Waals surface area contributed by atoms with Crippen LogP contribution in [0.15, 0.2) is 21.5 Å². The van der Waals surface area contributed by atoms with Crippen LogP contribution in [0.25, 0.3) is 0 Å². The summed E-state index contributed by atoms with van der Waals surface area (Å²) in [5, 5.41) is 9.47. The maximum Gasteiger partial charge on any atom is 0.310 e. The first-order valence-corrected chi connectivity index (χ1v) is 8.61. The number of halogens is 1. The Morgan fingerprint density at radius 3 is 2.71 bits per heavy atom. The van der Waals surface area contributed by atoms with Gasteiger partial charge in [0.1, 0.15) is 5.75 Å². The Morgan fingerprint density at radius 1 is 1.52 bits per heavy atom. The first kappa shape index (κ1) is 18.2. The lowest BCUT2D eigenvalue weighted by atomic mass is 9.87. The summed E-state index contributed by atoms with van der Waals surface area (Å²) in [6, 6.07) is 3.62. The van der Waals surface area contributed by atoms with E-state index in [4.69, 9.17) is 10.5 Å². The summed E-state index contributed by atoms with van der Waals surface area (Å²) in [5.41, 5.74) is 5.88. The molecule has 0 aliphatic carbocycles. The van der Waals surface area contributed by atoms with Gasteiger partial charge in [0.2, 0.25) is 0 Å². The van der Waals surface area contributed by atoms with Crippen LogP contribution in [0.5, 0.6) is 5.75 Å². The van der Waals surface area contributed by atoms with Gasteiger partial charge in [-0.2, -0.15) is 0 Å². The molecular formula is C15H22BrNO3S. The molecule has 1 rings (SSSR count). The summed E-state index contributed by atoms with van der Waals surface area (Å²) in [4.78, 5) is 12.4. The number of carbonyl (C=O) groups is 1. The van der Waals surface area contributed by atoms with Gasteiger partial charge in [-0.1, -0.05) is 19.8 Å². The second-order valence-electron chi connectivity index (χ2n) is 5.28. The van der Waals surface area contributed by atoms with Crippen molar-refractivity contribution < 1.29 is 14.6 Å². The van der Waals surface area contributed by atoms with E-state index in [9.17, 15) is 9.90 Å². The van der Waals surface area contributed by atoms with Gasteiger partial charge in [0.15, 0.2) is 0 Å². The smallest absolute Gasteiger partial charge is 0.310 e. The first-order chi connectivity index (χ1) is 9.84. The number of methoxy groups -OCH3 is 1. The fourth-order valence-corrected chi connectivity index (χ4v) is 3.56. The highest BCUT2D eigenvalue weighted by Crippen LogP contribution is 2.39. The number of anilines is 1. The Labute approximate surface area is 138 Å². The average Bonchev–Trinajstić information content (AvgIpc) is 2.44. The van der Waals surface area contributed by atoms with E-state index in [1.165, 1.54) is 11.8 Å². The number of carboxylic acid groups (broad SMARTS) is 1. The van der Waals surface area contributed by atoms with Crippen molar-refractivity contribution in [3.05, 3.63) is 16.6 Å². The van der Waals surface area contributed by atoms with E-state index < -0.39 is 11.4 Å². The third-order valence-electron chi connectivity index (χ3n) is 3.43. The predicted molar refractivity (Wildman–Crippen MR) is 91.1 cm³/mol. The molecule has 0 aromatic heterocycles. The number of carboxylic acids is 1. The summed E-state index contributed by atoms with van der Waals surface area (Å²) >= 11 is 4.85. The van der Waals surface area contributed by atoms with Gasteiger partial charge in [-0.05, 0) is 41.4 Å². The molecule has 3 N–H and O–H groups in total. The first-order valence-electron chi connectivity index (χ1n) is 6.83. The minimum atomic E-state index is -0.758. The number of unbranched alkanes of at least 4 members (excludes halogenated alkanes) is 1. The molecule has 6 heteroatoms. The fourth-order valence-electron chi connectivity index (χ4n) is 1.88. The van der Waals surface area contributed by atoms with Gasteiger partial charge in [-0.3, -0.25) is 4.79 Å². The van der Waals surface area contributed by atoms with Gasteiger partial charge in [0, 0.05) is 16.3 Å². The molecule has 1 unspecified atom stereocenters. The number of benzene rings is 1. The Bertz CT molecular complexity index is 510. The number of aliphatic carboxylic acids is 1. The minimum absolute atomic E-state index is 0.483. The minimum Gasteiger partial charge on any atom is -0.496 e. The lowest BCUT2D eigenvalue weighted by molar-refractivity contribution is -0.147. The largest absolute Gasteiger partial charge is 0.496 e. The number of rotatable bonds is 8. The van der Waals surface area contributed by atoms with Crippen molar-refractivity contribution in [1.29, 1.82) is 0 Å². The molecule has 1 atom stereocenters. The van der Waals surface area contributed by atoms with Crippen LogP contribution < -0.4 is 10.5 Å². The van der Waals surface area contributed by atoms with Crippen LogP contribution in [0.3, 0.4) is 0 Å². The molecular weight excluding hydrogens is 354 g/mol. The van der Waals surface area contributed by atoms with E-state index in [1.807, 2.05) is 6.07 Å². The molecule has 0 aliphatic heterocycles. The summed E-state index contributed by atoms with van der Waals surface area (Å²) in [6.07, 6.45) is 2.56. The standard InChI is InChI=1S/C15H22BrNO3S/c1-4-5-6-15(2,14(18)19)9-21-13-8-12(20-3)10(16)7-11(13)17/h7-8H,4-6,9,17H2,1-3H3,(H,18,19). The maximum atomic E-state index is 11.5. The number of ether oxygens (including phenoxy) is 1. The van der Waals surface area contributed by atoms with Gasteiger partial charge in [-0.25, -0.2) is 0 Å². The van der Waals surface area contributed by atoms with Crippen molar-refractivity contribution >= 4 is 39.3 Å². The highest BCUT2D eigenvalue weighted by Gasteiger charge is 2.32. The molecule has 0 saturated carbocycles. The Morgan fingerprint density at radius 2 is 2.19 bits per heavy atom. The lowest BCUT2D eigenvalue weighted by Crippen LogP contribution is -2.30. The molecule has 0 bridgehead atoms. The molecule has 0 aliphatic rings. The van der Waals surface area contributed by atoms with Gasteiger partial charge in [0.05, 0.1) is 17.0 Å². The molecule has 4 nitrogen and oxygen atoms in total. The van der Waals surface area contributed by atoms with Gasteiger partial charge in [-0.15, -0.1) is 11.8 Å². The summed E-state index contributed by atoms with van der Waals surface area (Å²) in [5.74, 6) is 0.417. The van der Waals surface area contributed by atoms with E-state index in [2.05, 4.69) is 22.9 Å². The average molecular weight is 376 g/mol. The molecule has 21 heavy (non-hydrogen) atoms. The predicted octanol–water partition coefficient (Wildman–Crippen LogP) is 4.41. The Balaban J connectivity index is 2.87. The molecule has 0 heterocycles. The topological polar surface area (TPSA) is 72.5 Å². The van der Waals surface area contributed by atoms with Crippen LogP contribution in [-0.4, -0.2) is 23.9 Å². The van der Waals surface area contributed by atoms with Crippen molar-refractivity contribution in [2.45, 2.75) is 38.0 Å². The molecule has 0 saturated heterocycles. The van der Waals surface area contributed by atoms with Gasteiger partial charge < -0.3 is 15.6 Å². The van der Waals surface area contributed by atoms with Crippen molar-refractivity contribution in [3.63, 3.8) is 0 Å². The number of hydrogen-bond acceptors (Lipinski definition) is 4. The van der Waals surface area contributed by atoms with Crippen LogP contribution >= 0.6 is 27.7 Å². The van der Waals surface area contributed by atoms with Crippen LogP contribution in [0, 0.1) is 5.41 Å². The second-order valence-corrected chi connectivity index (χ2v) is 7.15. The molecule has 118 valence electrons. The monoisotopic (exact) mass is 375 g/mol. The molecule has 0 radical (unpaired) electrons. The van der Waals surface area contributed by atoms with Gasteiger partial charge in [0.25, 0.3) is 0 Å². The van der Waals surface area contributed by atoms with Crippen LogP contribution in [0.1, 0.15) is 33.1 Å². The Hall–Kier alpha value is -0.880. The Kier molecular flexibility index (Phi) is 6.87. The van der Waals surface area contributed by atoms with E-state index in [0.717, 1.165) is 22.2 Å². The molecule has 0 amide bonds. The zero-order valence-electron chi connectivity index (χ0n) is 12.6. The third-order valence-corrected chi connectivity index (χ3v) is 5.49. The van der Waals surface area contributed by atoms with Crippen molar-refractivity contribution in [2.24, 2.45) is 5.41 Å². The van der Waals surface area contributed by atoms with Crippen molar-refractivity contribution in [1.82, 2.24) is 0 Å². The van der Waals surface area contributed by atoms with Crippen molar-refractivity contribution in [2.75, 3.05) is 18.6 Å². The summed E-state index contributed by atoms with van der Waals surface area (Å²) in [6.45, 7) is 3.86. The van der Waals surface area contributed by atoms with Crippen LogP contribution in [-0.2, 0) is 4.79 Å². The van der Waals surface area contributed by atoms with E-state index >= 15 is 0 Å². The second kappa shape index (κ2) is 7.94. The van der Waals surface area contributed by atoms with E-state index in [0.29, 0.717) is 23.6 Å². The third kappa shape index (κ3) is 4.81. The van der Waals surface area contributed by atoms with Gasteiger partial charge >= 0.3 is 5.97 Å². The van der Waals surface area contributed by atoms with E-state index in [-0.39, 0.29) is 0 Å². The molecule has 0 fully saturated rings. The summed E-state index contributed by atoms with van der Waals surface area (Å²) < 4.78 is 6.04. The number of nitrogen functional groups attached to an aromatic ring is 1. The molecule has 0 spiro atoms. The normalized spacial score (nSPS) is 13.7. The highest BCUT2D eigenvalue weighted by atomic mass is 79.9. The number of nitrogens with two attached hydrogens (primary N) is 1. The molecule has 1 aromatic carbocycles. The zero-order valence-corrected chi connectivity index (χ0v) is 15.0. The maximum absolute atomic E-state index is 11.5. The van der Waals surface area contributed by atoms with Crippen LogP contribution in [0.2, 0.25) is 0 Å². The van der Waals surface area contributed by atoms with E-state index in [1.54, 1.807) is 20.1 Å². The number of thioether (sulfide) groups is 1. The fraction of sp³-hybridized carbons (Fsp3) is 0.533. The van der Waals surface area contributed by atoms with Crippen molar-refractivity contribution in [3.8, 4) is 5.75 Å². The lowest BCUT2D eigenvalue weighted by Gasteiger charge is -2.24. The highest BCUT2D eigenvalue weighted by molar-refractivity contribution is 9.10. The number of hydrogen-bond donors (Lipinski definition) is 2. The SMILES string of the molecule is CCCCC(C)(CSc1cc(OC)c(Br)cc1N)C(=O)O.